The normalized spacial score (nSPS) is 10.1. The van der Waals surface area contributed by atoms with Gasteiger partial charge < -0.3 is 10.2 Å². The molecular formula is C9H7N3O3. The number of phenolic OH excluding ortho intramolecular Hbond substituents is 1. The zero-order valence-electron chi connectivity index (χ0n) is 7.53. The molecule has 15 heavy (non-hydrogen) atoms. The molecule has 0 unspecified atom stereocenters. The number of phenols is 1. The molecule has 0 fully saturated rings. The number of aromatic carboxylic acids is 1. The average molecular weight is 205 g/mol. The van der Waals surface area contributed by atoms with E-state index in [0.717, 1.165) is 0 Å². The second-order valence-corrected chi connectivity index (χ2v) is 2.81. The molecule has 0 aliphatic heterocycles. The lowest BCUT2D eigenvalue weighted by molar-refractivity contribution is 0.0683. The molecule has 0 radical (unpaired) electrons. The molecule has 0 aliphatic rings. The number of benzene rings is 1. The Morgan fingerprint density at radius 1 is 1.33 bits per heavy atom. The van der Waals surface area contributed by atoms with Crippen LogP contribution in [0, 0.1) is 0 Å². The van der Waals surface area contributed by atoms with Crippen LogP contribution >= 0.6 is 0 Å². The predicted octanol–water partition coefficient (Wildman–Crippen LogP) is 0.671. The van der Waals surface area contributed by atoms with Gasteiger partial charge in [0.25, 0.3) is 5.82 Å². The van der Waals surface area contributed by atoms with Crippen LogP contribution in [0.25, 0.3) is 5.69 Å². The van der Waals surface area contributed by atoms with Crippen molar-refractivity contribution >= 4 is 5.97 Å². The van der Waals surface area contributed by atoms with Crippen LogP contribution in [0.3, 0.4) is 0 Å². The van der Waals surface area contributed by atoms with Crippen molar-refractivity contribution in [2.24, 2.45) is 0 Å². The third kappa shape index (κ3) is 1.64. The van der Waals surface area contributed by atoms with Crippen molar-refractivity contribution < 1.29 is 15.0 Å². The maximum absolute atomic E-state index is 10.5. The molecule has 76 valence electrons. The second kappa shape index (κ2) is 3.41. The smallest absolute Gasteiger partial charge is 0.375 e. The Bertz CT molecular complexity index is 507. The highest BCUT2D eigenvalue weighted by atomic mass is 16.4. The molecule has 0 aliphatic carbocycles. The minimum absolute atomic E-state index is 0.0133. The van der Waals surface area contributed by atoms with Crippen molar-refractivity contribution in [3.63, 3.8) is 0 Å². The Kier molecular flexibility index (Phi) is 2.09. The Hall–Kier alpha value is -2.37. The highest BCUT2D eigenvalue weighted by molar-refractivity contribution is 5.82. The first-order valence-electron chi connectivity index (χ1n) is 4.12. The third-order valence-corrected chi connectivity index (χ3v) is 1.81. The van der Waals surface area contributed by atoms with Crippen molar-refractivity contribution in [2.45, 2.75) is 0 Å². The maximum atomic E-state index is 10.5. The maximum Gasteiger partial charge on any atom is 0.375 e. The molecule has 2 N–H and O–H groups in total. The van der Waals surface area contributed by atoms with Crippen molar-refractivity contribution in [2.75, 3.05) is 0 Å². The van der Waals surface area contributed by atoms with E-state index in [2.05, 4.69) is 10.1 Å². The van der Waals surface area contributed by atoms with Crippen LogP contribution in [0.4, 0.5) is 0 Å². The van der Waals surface area contributed by atoms with E-state index >= 15 is 0 Å². The summed E-state index contributed by atoms with van der Waals surface area (Å²) in [5.41, 5.74) is 0.387. The monoisotopic (exact) mass is 205 g/mol. The third-order valence-electron chi connectivity index (χ3n) is 1.81. The highest BCUT2D eigenvalue weighted by Gasteiger charge is 2.11. The topological polar surface area (TPSA) is 88.2 Å². The largest absolute Gasteiger partial charge is 0.506 e. The van der Waals surface area contributed by atoms with E-state index < -0.39 is 5.97 Å². The number of aromatic hydroxyl groups is 1. The summed E-state index contributed by atoms with van der Waals surface area (Å²) in [6.45, 7) is 0. The molecule has 0 bridgehead atoms. The van der Waals surface area contributed by atoms with Crippen LogP contribution in [0.5, 0.6) is 5.75 Å². The van der Waals surface area contributed by atoms with Crippen LogP contribution in [0.2, 0.25) is 0 Å². The van der Waals surface area contributed by atoms with Crippen LogP contribution in [0.15, 0.2) is 30.6 Å². The lowest BCUT2D eigenvalue weighted by atomic mass is 10.3. The molecule has 2 rings (SSSR count). The molecule has 1 aromatic heterocycles. The van der Waals surface area contributed by atoms with E-state index in [1.54, 1.807) is 18.2 Å². The Morgan fingerprint density at radius 2 is 2.07 bits per heavy atom. The van der Waals surface area contributed by atoms with Gasteiger partial charge in [-0.25, -0.2) is 14.5 Å². The molecule has 0 saturated heterocycles. The van der Waals surface area contributed by atoms with Gasteiger partial charge in [-0.1, -0.05) is 12.1 Å². The second-order valence-electron chi connectivity index (χ2n) is 2.81. The fourth-order valence-electron chi connectivity index (χ4n) is 1.14. The summed E-state index contributed by atoms with van der Waals surface area (Å²) in [7, 11) is 0. The van der Waals surface area contributed by atoms with Gasteiger partial charge in [0.15, 0.2) is 0 Å². The van der Waals surface area contributed by atoms with Crippen LogP contribution < -0.4 is 0 Å². The Balaban J connectivity index is 2.46. The summed E-state index contributed by atoms with van der Waals surface area (Å²) in [6.07, 6.45) is 1.23. The number of nitrogens with zero attached hydrogens (tertiary/aromatic N) is 3. The first kappa shape index (κ1) is 9.20. The number of para-hydroxylation sites is 2. The predicted molar refractivity (Wildman–Crippen MR) is 50.0 cm³/mol. The quantitative estimate of drug-likeness (QED) is 0.752. The van der Waals surface area contributed by atoms with Crippen LogP contribution in [-0.2, 0) is 0 Å². The molecule has 0 amide bonds. The first-order chi connectivity index (χ1) is 7.18. The van der Waals surface area contributed by atoms with Gasteiger partial charge in [-0.3, -0.25) is 0 Å². The van der Waals surface area contributed by atoms with Gasteiger partial charge in [0.05, 0.1) is 0 Å². The minimum Gasteiger partial charge on any atom is -0.506 e. The molecule has 0 spiro atoms. The molecule has 6 heteroatoms. The van der Waals surface area contributed by atoms with E-state index in [-0.39, 0.29) is 11.6 Å². The summed E-state index contributed by atoms with van der Waals surface area (Å²) in [5.74, 6) is -1.50. The molecule has 0 saturated carbocycles. The summed E-state index contributed by atoms with van der Waals surface area (Å²) in [6, 6.07) is 6.46. The SMILES string of the molecule is O=C(O)c1ncn(-c2ccccc2O)n1. The molecule has 0 atom stereocenters. The van der Waals surface area contributed by atoms with E-state index in [1.807, 2.05) is 0 Å². The standard InChI is InChI=1S/C9H7N3O3/c13-7-4-2-1-3-6(7)12-5-10-8(11-12)9(14)15/h1-5,13H,(H,14,15). The van der Waals surface area contributed by atoms with E-state index in [1.165, 1.54) is 17.1 Å². The molecule has 1 aromatic carbocycles. The molecular weight excluding hydrogens is 198 g/mol. The molecule has 6 nitrogen and oxygen atoms in total. The summed E-state index contributed by atoms with van der Waals surface area (Å²) in [4.78, 5) is 14.1. The van der Waals surface area contributed by atoms with Crippen LogP contribution in [0.1, 0.15) is 10.6 Å². The van der Waals surface area contributed by atoms with Gasteiger partial charge >= 0.3 is 5.97 Å². The summed E-state index contributed by atoms with van der Waals surface area (Å²) in [5, 5.41) is 21.8. The average Bonchev–Trinajstić information content (AvgIpc) is 2.67. The van der Waals surface area contributed by atoms with Gasteiger partial charge in [-0.05, 0) is 12.1 Å². The minimum atomic E-state index is -1.20. The van der Waals surface area contributed by atoms with Gasteiger partial charge in [0.2, 0.25) is 0 Å². The summed E-state index contributed by atoms with van der Waals surface area (Å²) < 4.78 is 1.21. The lowest BCUT2D eigenvalue weighted by Gasteiger charge is -2.01. The van der Waals surface area contributed by atoms with E-state index in [0.29, 0.717) is 5.69 Å². The lowest BCUT2D eigenvalue weighted by Crippen LogP contribution is -2.01. The van der Waals surface area contributed by atoms with Crippen molar-refractivity contribution in [3.05, 3.63) is 36.4 Å². The molecule has 2 aromatic rings. The van der Waals surface area contributed by atoms with Gasteiger partial charge in [-0.15, -0.1) is 5.10 Å². The number of carboxylic acids is 1. The van der Waals surface area contributed by atoms with Crippen molar-refractivity contribution in [1.82, 2.24) is 14.8 Å². The fourth-order valence-corrected chi connectivity index (χ4v) is 1.14. The number of rotatable bonds is 2. The number of hydrogen-bond donors (Lipinski definition) is 2. The Morgan fingerprint density at radius 3 is 2.67 bits per heavy atom. The van der Waals surface area contributed by atoms with Crippen molar-refractivity contribution in [3.8, 4) is 11.4 Å². The number of carboxylic acid groups (broad SMARTS) is 1. The number of aromatic nitrogens is 3. The van der Waals surface area contributed by atoms with Crippen molar-refractivity contribution in [1.29, 1.82) is 0 Å². The van der Waals surface area contributed by atoms with Crippen LogP contribution in [-0.4, -0.2) is 30.9 Å². The van der Waals surface area contributed by atoms with Gasteiger partial charge in [0.1, 0.15) is 17.8 Å². The van der Waals surface area contributed by atoms with Gasteiger partial charge in [-0.2, -0.15) is 0 Å². The summed E-state index contributed by atoms with van der Waals surface area (Å²) >= 11 is 0. The van der Waals surface area contributed by atoms with E-state index in [4.69, 9.17) is 5.11 Å². The highest BCUT2D eigenvalue weighted by Crippen LogP contribution is 2.19. The Labute approximate surface area is 84.4 Å². The van der Waals surface area contributed by atoms with E-state index in [9.17, 15) is 9.90 Å². The fraction of sp³-hybridized carbons (Fsp3) is 0. The zero-order valence-corrected chi connectivity index (χ0v) is 7.53. The zero-order chi connectivity index (χ0) is 10.8. The number of carbonyl (C=O) groups is 1. The van der Waals surface area contributed by atoms with Gasteiger partial charge in [0, 0.05) is 0 Å². The number of hydrogen-bond acceptors (Lipinski definition) is 4. The molecule has 1 heterocycles. The first-order valence-corrected chi connectivity index (χ1v) is 4.12.